The molecule has 4 nitrogen and oxygen atoms in total. The number of ketones is 1. The van der Waals surface area contributed by atoms with Crippen molar-refractivity contribution in [3.63, 3.8) is 0 Å². The lowest BCUT2D eigenvalue weighted by atomic mass is 10.0. The minimum absolute atomic E-state index is 0.0241. The predicted octanol–water partition coefficient (Wildman–Crippen LogP) is 3.07. The number of benzene rings is 3. The molecule has 3 rings (SSSR count). The normalized spacial score (nSPS) is 11.8. The molecule has 0 bridgehead atoms. The van der Waals surface area contributed by atoms with Gasteiger partial charge in [-0.2, -0.15) is 0 Å². The quantitative estimate of drug-likeness (QED) is 0.546. The number of hydrogen-bond donors (Lipinski definition) is 2. The Hall–Kier alpha value is -2.66. The summed E-state index contributed by atoms with van der Waals surface area (Å²) in [6.07, 6.45) is -0.585. The molecule has 144 valence electrons. The third-order valence-electron chi connectivity index (χ3n) is 4.33. The van der Waals surface area contributed by atoms with Gasteiger partial charge in [0.2, 0.25) is 0 Å². The van der Waals surface area contributed by atoms with E-state index >= 15 is 0 Å². The first-order chi connectivity index (χ1) is 13.6. The molecule has 0 aliphatic rings. The maximum Gasteiger partial charge on any atom is 0.193 e. The molecule has 0 unspecified atom stereocenters. The molecule has 0 aliphatic heterocycles. The van der Waals surface area contributed by atoms with Crippen LogP contribution in [0.25, 0.3) is 0 Å². The Morgan fingerprint density at radius 3 is 2.25 bits per heavy atom. The first-order valence-corrected chi connectivity index (χ1v) is 9.56. The average molecular weight is 397 g/mol. The molecule has 3 aromatic rings. The number of carbonyl (C=O) groups is 1. The van der Waals surface area contributed by atoms with Gasteiger partial charge in [-0.05, 0) is 36.4 Å². The summed E-state index contributed by atoms with van der Waals surface area (Å²) in [6.45, 7) is 1.50. The highest BCUT2D eigenvalue weighted by Gasteiger charge is 2.10. The second kappa shape index (κ2) is 10.0. The number of hydrogen-bond acceptors (Lipinski definition) is 3. The smallest absolute Gasteiger partial charge is 0.193 e. The summed E-state index contributed by atoms with van der Waals surface area (Å²) in [4.78, 5) is 12.4. The Balaban J connectivity index is 1.42. The molecule has 0 radical (unpaired) electrons. The number of quaternary nitrogens is 1. The molecule has 0 aliphatic carbocycles. The summed E-state index contributed by atoms with van der Waals surface area (Å²) >= 11 is 5.87. The fraction of sp³-hybridized carbons (Fsp3) is 0.174. The first kappa shape index (κ1) is 20.1. The fourth-order valence-corrected chi connectivity index (χ4v) is 2.91. The van der Waals surface area contributed by atoms with Crippen molar-refractivity contribution in [1.29, 1.82) is 0 Å². The lowest BCUT2D eigenvalue weighted by molar-refractivity contribution is -0.676. The maximum absolute atomic E-state index is 12.4. The lowest BCUT2D eigenvalue weighted by Crippen LogP contribution is -2.85. The van der Waals surface area contributed by atoms with E-state index in [2.05, 4.69) is 0 Å². The predicted molar refractivity (Wildman–Crippen MR) is 110 cm³/mol. The van der Waals surface area contributed by atoms with Crippen LogP contribution in [0.3, 0.4) is 0 Å². The lowest BCUT2D eigenvalue weighted by Gasteiger charge is -2.12. The van der Waals surface area contributed by atoms with Crippen molar-refractivity contribution < 1.29 is 20.0 Å². The van der Waals surface area contributed by atoms with Gasteiger partial charge in [0, 0.05) is 21.7 Å². The van der Waals surface area contributed by atoms with Crippen LogP contribution in [-0.2, 0) is 6.54 Å². The van der Waals surface area contributed by atoms with Crippen molar-refractivity contribution in [1.82, 2.24) is 0 Å². The van der Waals surface area contributed by atoms with E-state index in [1.165, 1.54) is 0 Å². The van der Waals surface area contributed by atoms with Gasteiger partial charge in [0.15, 0.2) is 5.78 Å². The van der Waals surface area contributed by atoms with E-state index in [0.29, 0.717) is 28.4 Å². The summed E-state index contributed by atoms with van der Waals surface area (Å²) in [5, 5.41) is 12.8. The average Bonchev–Trinajstić information content (AvgIpc) is 2.74. The van der Waals surface area contributed by atoms with Crippen LogP contribution in [0.15, 0.2) is 78.9 Å². The van der Waals surface area contributed by atoms with Gasteiger partial charge in [-0.15, -0.1) is 0 Å². The number of aliphatic hydroxyl groups is 1. The molecule has 0 fully saturated rings. The Morgan fingerprint density at radius 1 is 0.929 bits per heavy atom. The standard InChI is InChI=1S/C23H22ClNO3/c24-20-10-6-17(7-11-20)14-25-15-21(26)16-28-22-12-8-19(9-13-22)23(27)18-4-2-1-3-5-18/h1-13,21,25-26H,14-16H2/p+1/t21-/m0/s1. The zero-order chi connectivity index (χ0) is 19.8. The van der Waals surface area contributed by atoms with Crippen LogP contribution in [0.4, 0.5) is 0 Å². The van der Waals surface area contributed by atoms with Crippen LogP contribution in [0.2, 0.25) is 5.02 Å². The van der Waals surface area contributed by atoms with E-state index in [4.69, 9.17) is 16.3 Å². The minimum Gasteiger partial charge on any atom is -0.491 e. The van der Waals surface area contributed by atoms with Crippen molar-refractivity contribution in [2.45, 2.75) is 12.6 Å². The van der Waals surface area contributed by atoms with Gasteiger partial charge in [-0.1, -0.05) is 54.1 Å². The maximum atomic E-state index is 12.4. The summed E-state index contributed by atoms with van der Waals surface area (Å²) in [5.74, 6) is 0.602. The van der Waals surface area contributed by atoms with Crippen LogP contribution in [0.1, 0.15) is 21.5 Å². The summed E-state index contributed by atoms with van der Waals surface area (Å²) in [5.41, 5.74) is 2.41. The molecule has 0 saturated carbocycles. The molecule has 0 spiro atoms. The van der Waals surface area contributed by atoms with Crippen LogP contribution in [0.5, 0.6) is 5.75 Å². The van der Waals surface area contributed by atoms with Gasteiger partial charge in [0.05, 0.1) is 0 Å². The summed E-state index contributed by atoms with van der Waals surface area (Å²) in [7, 11) is 0. The van der Waals surface area contributed by atoms with E-state index < -0.39 is 6.10 Å². The highest BCUT2D eigenvalue weighted by atomic mass is 35.5. The molecule has 0 heterocycles. The van der Waals surface area contributed by atoms with Crippen LogP contribution in [0, 0.1) is 0 Å². The zero-order valence-electron chi connectivity index (χ0n) is 15.4. The third-order valence-corrected chi connectivity index (χ3v) is 4.58. The minimum atomic E-state index is -0.585. The Bertz CT molecular complexity index is 880. The molecule has 0 amide bonds. The van der Waals surface area contributed by atoms with Gasteiger partial charge in [0.1, 0.15) is 31.5 Å². The molecule has 5 heteroatoms. The largest absolute Gasteiger partial charge is 0.491 e. The number of rotatable bonds is 9. The van der Waals surface area contributed by atoms with E-state index in [1.807, 2.05) is 47.8 Å². The number of carbonyl (C=O) groups excluding carboxylic acids is 1. The van der Waals surface area contributed by atoms with Gasteiger partial charge < -0.3 is 15.2 Å². The molecule has 3 aromatic carbocycles. The van der Waals surface area contributed by atoms with Crippen molar-refractivity contribution >= 4 is 17.4 Å². The van der Waals surface area contributed by atoms with Crippen molar-refractivity contribution in [3.05, 3.63) is 101 Å². The molecule has 0 aromatic heterocycles. The topological polar surface area (TPSA) is 63.1 Å². The van der Waals surface area contributed by atoms with Crippen molar-refractivity contribution in [2.75, 3.05) is 13.2 Å². The van der Waals surface area contributed by atoms with Gasteiger partial charge in [-0.25, -0.2) is 0 Å². The zero-order valence-corrected chi connectivity index (χ0v) is 16.2. The Kier molecular flexibility index (Phi) is 7.20. The van der Waals surface area contributed by atoms with Crippen molar-refractivity contribution in [2.24, 2.45) is 0 Å². The fourth-order valence-electron chi connectivity index (χ4n) is 2.78. The van der Waals surface area contributed by atoms with E-state index in [1.54, 1.807) is 36.4 Å². The Labute approximate surface area is 169 Å². The molecule has 0 saturated heterocycles. The van der Waals surface area contributed by atoms with E-state index in [-0.39, 0.29) is 12.4 Å². The van der Waals surface area contributed by atoms with E-state index in [0.717, 1.165) is 12.1 Å². The second-order valence-corrected chi connectivity index (χ2v) is 6.98. The monoisotopic (exact) mass is 396 g/mol. The third kappa shape index (κ3) is 5.92. The highest BCUT2D eigenvalue weighted by molar-refractivity contribution is 6.30. The van der Waals surface area contributed by atoms with Crippen LogP contribution < -0.4 is 10.1 Å². The SMILES string of the molecule is O=C(c1ccccc1)c1ccc(OC[C@@H](O)C[NH2+]Cc2ccc(Cl)cc2)cc1. The van der Waals surface area contributed by atoms with Gasteiger partial charge >= 0.3 is 0 Å². The van der Waals surface area contributed by atoms with Crippen molar-refractivity contribution in [3.8, 4) is 5.75 Å². The van der Waals surface area contributed by atoms with E-state index in [9.17, 15) is 9.90 Å². The number of halogens is 1. The summed E-state index contributed by atoms with van der Waals surface area (Å²) in [6, 6.07) is 23.8. The second-order valence-electron chi connectivity index (χ2n) is 6.54. The number of aliphatic hydroxyl groups excluding tert-OH is 1. The van der Waals surface area contributed by atoms with Gasteiger partial charge in [-0.3, -0.25) is 4.79 Å². The first-order valence-electron chi connectivity index (χ1n) is 9.18. The Morgan fingerprint density at radius 2 is 1.57 bits per heavy atom. The van der Waals surface area contributed by atoms with Crippen LogP contribution >= 0.6 is 11.6 Å². The highest BCUT2D eigenvalue weighted by Crippen LogP contribution is 2.15. The number of ether oxygens (including phenoxy) is 1. The number of nitrogens with two attached hydrogens (primary N) is 1. The molecule has 28 heavy (non-hydrogen) atoms. The molecule has 3 N–H and O–H groups in total. The summed E-state index contributed by atoms with van der Waals surface area (Å²) < 4.78 is 5.63. The van der Waals surface area contributed by atoms with Gasteiger partial charge in [0.25, 0.3) is 0 Å². The molecular formula is C23H23ClNO3+. The molecular weight excluding hydrogens is 374 g/mol. The van der Waals surface area contributed by atoms with Crippen LogP contribution in [-0.4, -0.2) is 30.1 Å². The molecule has 1 atom stereocenters.